The fraction of sp³-hybridized carbons (Fsp3) is 0.571. The van der Waals surface area contributed by atoms with Crippen LogP contribution < -0.4 is 15.2 Å². The van der Waals surface area contributed by atoms with Crippen molar-refractivity contribution in [2.45, 2.75) is 32.7 Å². The summed E-state index contributed by atoms with van der Waals surface area (Å²) in [5, 5.41) is 0. The predicted molar refractivity (Wildman–Crippen MR) is 70.5 cm³/mol. The first-order valence-corrected chi connectivity index (χ1v) is 6.05. The molecule has 1 aromatic rings. The van der Waals surface area contributed by atoms with Crippen molar-refractivity contribution in [1.82, 2.24) is 0 Å². The molecule has 1 rings (SSSR count). The maximum atomic E-state index is 6.18. The van der Waals surface area contributed by atoms with Gasteiger partial charge in [-0.3, -0.25) is 0 Å². The minimum atomic E-state index is 0.0430. The third kappa shape index (κ3) is 4.27. The van der Waals surface area contributed by atoms with Crippen molar-refractivity contribution in [2.75, 3.05) is 14.2 Å². The number of hydrogen-bond acceptors (Lipinski definition) is 3. The van der Waals surface area contributed by atoms with Gasteiger partial charge in [0.05, 0.1) is 14.2 Å². The van der Waals surface area contributed by atoms with Crippen molar-refractivity contribution in [1.29, 1.82) is 0 Å². The summed E-state index contributed by atoms with van der Waals surface area (Å²) < 4.78 is 10.5. The van der Waals surface area contributed by atoms with Crippen LogP contribution in [0.15, 0.2) is 18.2 Å². The van der Waals surface area contributed by atoms with Gasteiger partial charge in [0.2, 0.25) is 0 Å². The minimum Gasteiger partial charge on any atom is -0.497 e. The second-order valence-electron chi connectivity index (χ2n) is 4.72. The zero-order valence-corrected chi connectivity index (χ0v) is 11.2. The highest BCUT2D eigenvalue weighted by Crippen LogP contribution is 2.27. The Bertz CT molecular complexity index is 328. The second kappa shape index (κ2) is 6.50. The molecule has 1 atom stereocenters. The molecular weight excluding hydrogens is 214 g/mol. The molecule has 0 saturated carbocycles. The topological polar surface area (TPSA) is 44.5 Å². The molecule has 0 aliphatic heterocycles. The largest absolute Gasteiger partial charge is 0.497 e. The zero-order valence-electron chi connectivity index (χ0n) is 11.2. The average Bonchev–Trinajstić information content (AvgIpc) is 2.34. The third-order valence-electron chi connectivity index (χ3n) is 2.86. The van der Waals surface area contributed by atoms with E-state index in [-0.39, 0.29) is 6.04 Å². The molecule has 0 aliphatic carbocycles. The van der Waals surface area contributed by atoms with Gasteiger partial charge in [-0.05, 0) is 36.5 Å². The fourth-order valence-electron chi connectivity index (χ4n) is 1.72. The summed E-state index contributed by atoms with van der Waals surface area (Å²) in [5.41, 5.74) is 7.25. The Morgan fingerprint density at radius 1 is 1.00 bits per heavy atom. The zero-order chi connectivity index (χ0) is 12.8. The SMILES string of the molecule is COc1cc(OC)cc(C(N)CCC(C)C)c1. The molecule has 0 aliphatic rings. The summed E-state index contributed by atoms with van der Waals surface area (Å²) in [6.07, 6.45) is 2.11. The molecule has 0 amide bonds. The molecule has 0 bridgehead atoms. The summed E-state index contributed by atoms with van der Waals surface area (Å²) in [7, 11) is 3.30. The lowest BCUT2D eigenvalue weighted by Gasteiger charge is -2.15. The first kappa shape index (κ1) is 13.8. The average molecular weight is 237 g/mol. The van der Waals surface area contributed by atoms with Crippen LogP contribution in [0, 0.1) is 5.92 Å². The predicted octanol–water partition coefficient (Wildman–Crippen LogP) is 3.14. The van der Waals surface area contributed by atoms with Crippen molar-refractivity contribution in [3.63, 3.8) is 0 Å². The molecule has 0 heterocycles. The summed E-state index contributed by atoms with van der Waals surface area (Å²) in [5.74, 6) is 2.26. The van der Waals surface area contributed by atoms with Gasteiger partial charge in [-0.2, -0.15) is 0 Å². The van der Waals surface area contributed by atoms with Gasteiger partial charge in [0.15, 0.2) is 0 Å². The van der Waals surface area contributed by atoms with E-state index in [0.29, 0.717) is 5.92 Å². The van der Waals surface area contributed by atoms with Crippen LogP contribution in [-0.4, -0.2) is 14.2 Å². The van der Waals surface area contributed by atoms with Gasteiger partial charge < -0.3 is 15.2 Å². The summed E-state index contributed by atoms with van der Waals surface area (Å²) in [6.45, 7) is 4.41. The van der Waals surface area contributed by atoms with E-state index in [1.165, 1.54) is 0 Å². The Labute approximate surface area is 104 Å². The molecule has 17 heavy (non-hydrogen) atoms. The minimum absolute atomic E-state index is 0.0430. The Morgan fingerprint density at radius 2 is 1.53 bits per heavy atom. The molecule has 0 spiro atoms. The molecule has 3 nitrogen and oxygen atoms in total. The third-order valence-corrected chi connectivity index (χ3v) is 2.86. The van der Waals surface area contributed by atoms with Crippen molar-refractivity contribution in [3.8, 4) is 11.5 Å². The summed E-state index contributed by atoms with van der Waals surface area (Å²) in [6, 6.07) is 5.86. The molecule has 1 aromatic carbocycles. The molecule has 3 heteroatoms. The van der Waals surface area contributed by atoms with E-state index in [2.05, 4.69) is 13.8 Å². The van der Waals surface area contributed by atoms with E-state index in [1.807, 2.05) is 18.2 Å². The van der Waals surface area contributed by atoms with E-state index < -0.39 is 0 Å². The molecule has 0 fully saturated rings. The van der Waals surface area contributed by atoms with Gasteiger partial charge >= 0.3 is 0 Å². The molecule has 0 aromatic heterocycles. The van der Waals surface area contributed by atoms with E-state index >= 15 is 0 Å². The standard InChI is InChI=1S/C14H23NO2/c1-10(2)5-6-14(15)11-7-12(16-3)9-13(8-11)17-4/h7-10,14H,5-6,15H2,1-4H3. The van der Waals surface area contributed by atoms with E-state index in [9.17, 15) is 0 Å². The molecule has 96 valence electrons. The maximum Gasteiger partial charge on any atom is 0.122 e. The lowest BCUT2D eigenvalue weighted by Crippen LogP contribution is -2.11. The Hall–Kier alpha value is -1.22. The Balaban J connectivity index is 2.80. The number of methoxy groups -OCH3 is 2. The fourth-order valence-corrected chi connectivity index (χ4v) is 1.72. The van der Waals surface area contributed by atoms with Crippen LogP contribution in [-0.2, 0) is 0 Å². The molecule has 2 N–H and O–H groups in total. The van der Waals surface area contributed by atoms with Crippen LogP contribution in [0.4, 0.5) is 0 Å². The van der Waals surface area contributed by atoms with Gasteiger partial charge in [-0.25, -0.2) is 0 Å². The number of nitrogens with two attached hydrogens (primary N) is 1. The van der Waals surface area contributed by atoms with Gasteiger partial charge in [0, 0.05) is 12.1 Å². The van der Waals surface area contributed by atoms with E-state index in [4.69, 9.17) is 15.2 Å². The van der Waals surface area contributed by atoms with Gasteiger partial charge in [0.1, 0.15) is 11.5 Å². The Kier molecular flexibility index (Phi) is 5.29. The van der Waals surface area contributed by atoms with Crippen LogP contribution in [0.25, 0.3) is 0 Å². The number of hydrogen-bond donors (Lipinski definition) is 1. The van der Waals surface area contributed by atoms with Crippen LogP contribution in [0.2, 0.25) is 0 Å². The lowest BCUT2D eigenvalue weighted by molar-refractivity contribution is 0.392. The highest BCUT2D eigenvalue weighted by molar-refractivity contribution is 5.39. The van der Waals surface area contributed by atoms with E-state index in [0.717, 1.165) is 29.9 Å². The van der Waals surface area contributed by atoms with Crippen LogP contribution >= 0.6 is 0 Å². The molecule has 0 saturated heterocycles. The van der Waals surface area contributed by atoms with Crippen molar-refractivity contribution < 1.29 is 9.47 Å². The maximum absolute atomic E-state index is 6.18. The second-order valence-corrected chi connectivity index (χ2v) is 4.72. The number of benzene rings is 1. The number of ether oxygens (including phenoxy) is 2. The monoisotopic (exact) mass is 237 g/mol. The highest BCUT2D eigenvalue weighted by atomic mass is 16.5. The van der Waals surface area contributed by atoms with Gasteiger partial charge in [0.25, 0.3) is 0 Å². The van der Waals surface area contributed by atoms with Crippen LogP contribution in [0.5, 0.6) is 11.5 Å². The normalized spacial score (nSPS) is 12.6. The molecule has 1 unspecified atom stereocenters. The van der Waals surface area contributed by atoms with Crippen molar-refractivity contribution in [2.24, 2.45) is 11.7 Å². The van der Waals surface area contributed by atoms with Crippen LogP contribution in [0.1, 0.15) is 38.3 Å². The van der Waals surface area contributed by atoms with Crippen LogP contribution in [0.3, 0.4) is 0 Å². The first-order chi connectivity index (χ1) is 8.06. The lowest BCUT2D eigenvalue weighted by atomic mass is 9.98. The molecular formula is C14H23NO2. The quantitative estimate of drug-likeness (QED) is 0.826. The highest BCUT2D eigenvalue weighted by Gasteiger charge is 2.10. The van der Waals surface area contributed by atoms with E-state index in [1.54, 1.807) is 14.2 Å². The number of rotatable bonds is 6. The van der Waals surface area contributed by atoms with Crippen molar-refractivity contribution in [3.05, 3.63) is 23.8 Å². The summed E-state index contributed by atoms with van der Waals surface area (Å²) in [4.78, 5) is 0. The summed E-state index contributed by atoms with van der Waals surface area (Å²) >= 11 is 0. The van der Waals surface area contributed by atoms with Crippen molar-refractivity contribution >= 4 is 0 Å². The smallest absolute Gasteiger partial charge is 0.122 e. The van der Waals surface area contributed by atoms with Gasteiger partial charge in [-0.1, -0.05) is 13.8 Å². The first-order valence-electron chi connectivity index (χ1n) is 6.05. The molecule has 0 radical (unpaired) electrons. The Morgan fingerprint density at radius 3 is 1.94 bits per heavy atom. The van der Waals surface area contributed by atoms with Gasteiger partial charge in [-0.15, -0.1) is 0 Å².